The van der Waals surface area contributed by atoms with E-state index in [-0.39, 0.29) is 29.4 Å². The van der Waals surface area contributed by atoms with Gasteiger partial charge in [0.2, 0.25) is 5.91 Å². The van der Waals surface area contributed by atoms with Gasteiger partial charge in [-0.3, -0.25) is 9.69 Å². The van der Waals surface area contributed by atoms with Gasteiger partial charge >= 0.3 is 12.4 Å². The van der Waals surface area contributed by atoms with E-state index in [1.165, 1.54) is 47.0 Å². The van der Waals surface area contributed by atoms with Crippen LogP contribution >= 0.6 is 27.7 Å². The van der Waals surface area contributed by atoms with Crippen LogP contribution in [0.5, 0.6) is 5.75 Å². The number of benzene rings is 3. The molecule has 5 rings (SSSR count). The predicted molar refractivity (Wildman–Crippen MR) is 186 cm³/mol. The maximum Gasteiger partial charge on any atom is 0.573 e. The average molecular weight is 742 g/mol. The highest BCUT2D eigenvalue weighted by molar-refractivity contribution is 9.11. The van der Waals surface area contributed by atoms with Crippen LogP contribution in [0.25, 0.3) is 23.2 Å². The SMILES string of the molecule is Cc1ccc(C(C)C)c(N2C(=O)CSC2=NC(=O)NC(C)C/C(Br)=C\c2ccc(-c3ncn(-c4ccc(OC(F)(F)F)cc4)n3)cc2)c1. The molecule has 2 heterocycles. The number of ether oxygens (including phenoxy) is 1. The molecule has 1 atom stereocenters. The van der Waals surface area contributed by atoms with Gasteiger partial charge in [0.05, 0.1) is 17.1 Å². The number of amides is 3. The molecule has 1 N–H and O–H groups in total. The summed E-state index contributed by atoms with van der Waals surface area (Å²) in [5.41, 5.74) is 4.97. The number of rotatable bonds is 9. The maximum absolute atomic E-state index is 12.9. The maximum atomic E-state index is 12.9. The van der Waals surface area contributed by atoms with Gasteiger partial charge in [-0.1, -0.05) is 77.9 Å². The molecular weight excluding hydrogens is 709 g/mol. The van der Waals surface area contributed by atoms with Crippen LogP contribution in [0.3, 0.4) is 0 Å². The summed E-state index contributed by atoms with van der Waals surface area (Å²) in [5.74, 6) is 0.422. The third-order valence-corrected chi connectivity index (χ3v) is 8.68. The lowest BCUT2D eigenvalue weighted by atomic mass is 9.99. The summed E-state index contributed by atoms with van der Waals surface area (Å²) in [7, 11) is 0. The zero-order valence-corrected chi connectivity index (χ0v) is 28.9. The zero-order chi connectivity index (χ0) is 34.6. The molecule has 0 aliphatic carbocycles. The van der Waals surface area contributed by atoms with E-state index in [9.17, 15) is 22.8 Å². The molecule has 1 aromatic heterocycles. The fourth-order valence-corrected chi connectivity index (χ4v) is 6.59. The van der Waals surface area contributed by atoms with E-state index in [4.69, 9.17) is 0 Å². The molecule has 250 valence electrons. The topological polar surface area (TPSA) is 102 Å². The Labute approximate surface area is 288 Å². The number of hydrogen-bond donors (Lipinski definition) is 1. The van der Waals surface area contributed by atoms with E-state index >= 15 is 0 Å². The van der Waals surface area contributed by atoms with Crippen LogP contribution in [-0.4, -0.2) is 50.0 Å². The number of aryl methyl sites for hydroxylation is 1. The molecule has 1 fully saturated rings. The monoisotopic (exact) mass is 740 g/mol. The lowest BCUT2D eigenvalue weighted by Crippen LogP contribution is -2.34. The molecule has 0 spiro atoms. The van der Waals surface area contributed by atoms with Crippen molar-refractivity contribution in [3.05, 3.63) is 94.2 Å². The summed E-state index contributed by atoms with van der Waals surface area (Å²) in [6, 6.07) is 18.1. The third kappa shape index (κ3) is 8.92. The summed E-state index contributed by atoms with van der Waals surface area (Å²) in [6.07, 6.45) is -0.842. The summed E-state index contributed by atoms with van der Waals surface area (Å²) >= 11 is 4.85. The van der Waals surface area contributed by atoms with Gasteiger partial charge in [0.25, 0.3) is 0 Å². The number of hydrogen-bond acceptors (Lipinski definition) is 6. The number of thioether (sulfide) groups is 1. The Balaban J connectivity index is 1.19. The first-order chi connectivity index (χ1) is 22.8. The molecule has 9 nitrogen and oxygen atoms in total. The van der Waals surface area contributed by atoms with E-state index in [1.807, 2.05) is 62.4 Å². The first-order valence-electron chi connectivity index (χ1n) is 15.0. The van der Waals surface area contributed by atoms with Crippen molar-refractivity contribution < 1.29 is 27.5 Å². The summed E-state index contributed by atoms with van der Waals surface area (Å²) in [4.78, 5) is 35.9. The van der Waals surface area contributed by atoms with Crippen LogP contribution in [-0.2, 0) is 4.79 Å². The number of nitrogens with zero attached hydrogens (tertiary/aromatic N) is 5. The Bertz CT molecular complexity index is 1860. The van der Waals surface area contributed by atoms with Crippen LogP contribution < -0.4 is 15.0 Å². The van der Waals surface area contributed by atoms with E-state index < -0.39 is 12.4 Å². The van der Waals surface area contributed by atoms with Crippen LogP contribution in [0.1, 0.15) is 49.8 Å². The fourth-order valence-electron chi connectivity index (χ4n) is 4.98. The highest BCUT2D eigenvalue weighted by Gasteiger charge is 2.33. The van der Waals surface area contributed by atoms with E-state index in [0.29, 0.717) is 23.1 Å². The second-order valence-electron chi connectivity index (χ2n) is 11.5. The Hall–Kier alpha value is -4.43. The zero-order valence-electron chi connectivity index (χ0n) is 26.5. The number of carbonyl (C=O) groups is 2. The second kappa shape index (κ2) is 14.8. The fraction of sp³-hybridized carbons (Fsp3) is 0.265. The minimum Gasteiger partial charge on any atom is -0.406 e. The molecule has 0 bridgehead atoms. The van der Waals surface area contributed by atoms with Gasteiger partial charge in [0.1, 0.15) is 12.1 Å². The molecular formula is C34H32BrF3N6O3S. The summed E-state index contributed by atoms with van der Waals surface area (Å²) in [5, 5.41) is 7.69. The number of amidine groups is 1. The lowest BCUT2D eigenvalue weighted by molar-refractivity contribution is -0.274. The highest BCUT2D eigenvalue weighted by atomic mass is 79.9. The van der Waals surface area contributed by atoms with Crippen LogP contribution in [0.4, 0.5) is 23.7 Å². The molecule has 48 heavy (non-hydrogen) atoms. The largest absolute Gasteiger partial charge is 0.573 e. The van der Waals surface area contributed by atoms with Crippen molar-refractivity contribution in [1.29, 1.82) is 0 Å². The van der Waals surface area contributed by atoms with Gasteiger partial charge in [0, 0.05) is 11.6 Å². The molecule has 0 saturated carbocycles. The molecule has 3 amide bonds. The Morgan fingerprint density at radius 1 is 1.10 bits per heavy atom. The first kappa shape index (κ1) is 34.9. The summed E-state index contributed by atoms with van der Waals surface area (Å²) in [6.45, 7) is 7.96. The van der Waals surface area contributed by atoms with Crippen molar-refractivity contribution in [2.75, 3.05) is 10.7 Å². The smallest absolute Gasteiger partial charge is 0.406 e. The van der Waals surface area contributed by atoms with Crippen molar-refractivity contribution in [2.45, 2.75) is 52.4 Å². The summed E-state index contributed by atoms with van der Waals surface area (Å²) < 4.78 is 43.5. The molecule has 1 aliphatic heterocycles. The standard InChI is InChI=1S/C34H32BrF3N6O3S/c1-20(2)28-14-5-21(3)15-29(28)44-30(45)18-48-33(44)41-32(46)40-22(4)16-25(35)17-23-6-8-24(9-7-23)31-39-19-43(42-31)26-10-12-27(13-11-26)47-34(36,37)38/h5-15,17,19-20,22H,16,18H2,1-4H3,(H,40,46)/b25-17+,41-33?. The van der Waals surface area contributed by atoms with Crippen LogP contribution in [0.2, 0.25) is 0 Å². The molecule has 14 heteroatoms. The number of aliphatic imine (C=N–C) groups is 1. The van der Waals surface area contributed by atoms with Gasteiger partial charge in [-0.05, 0) is 83.8 Å². The number of alkyl halides is 3. The highest BCUT2D eigenvalue weighted by Crippen LogP contribution is 2.34. The van der Waals surface area contributed by atoms with Gasteiger partial charge in [0.15, 0.2) is 11.0 Å². The van der Waals surface area contributed by atoms with E-state index in [2.05, 4.69) is 54.9 Å². The average Bonchev–Trinajstić information content (AvgIpc) is 3.63. The van der Waals surface area contributed by atoms with Crippen molar-refractivity contribution in [1.82, 2.24) is 20.1 Å². The number of nitrogens with one attached hydrogen (secondary N) is 1. The van der Waals surface area contributed by atoms with Crippen molar-refractivity contribution >= 4 is 56.6 Å². The van der Waals surface area contributed by atoms with Gasteiger partial charge in [-0.25, -0.2) is 14.5 Å². The predicted octanol–water partition coefficient (Wildman–Crippen LogP) is 8.62. The number of carbonyl (C=O) groups excluding carboxylic acids is 2. The van der Waals surface area contributed by atoms with Crippen molar-refractivity contribution in [2.24, 2.45) is 4.99 Å². The Kier molecular flexibility index (Phi) is 10.7. The second-order valence-corrected chi connectivity index (χ2v) is 13.4. The van der Waals surface area contributed by atoms with Crippen molar-refractivity contribution in [3.8, 4) is 22.8 Å². The quantitative estimate of drug-likeness (QED) is 0.184. The minimum absolute atomic E-state index is 0.110. The van der Waals surface area contributed by atoms with E-state index in [0.717, 1.165) is 32.4 Å². The molecule has 1 unspecified atom stereocenters. The number of anilines is 1. The number of aromatic nitrogens is 3. The molecule has 1 aliphatic rings. The van der Waals surface area contributed by atoms with Crippen LogP contribution in [0.15, 0.2) is 82.5 Å². The lowest BCUT2D eigenvalue weighted by Gasteiger charge is -2.22. The van der Waals surface area contributed by atoms with Crippen LogP contribution in [0, 0.1) is 6.92 Å². The Morgan fingerprint density at radius 3 is 2.48 bits per heavy atom. The number of halogens is 4. The van der Waals surface area contributed by atoms with Crippen molar-refractivity contribution in [3.63, 3.8) is 0 Å². The molecule has 4 aromatic rings. The molecule has 0 radical (unpaired) electrons. The molecule has 1 saturated heterocycles. The molecule has 3 aromatic carbocycles. The third-order valence-electron chi connectivity index (χ3n) is 7.20. The van der Waals surface area contributed by atoms with Gasteiger partial charge < -0.3 is 10.1 Å². The Morgan fingerprint density at radius 2 is 1.81 bits per heavy atom. The minimum atomic E-state index is -4.76. The van der Waals surface area contributed by atoms with Gasteiger partial charge in [-0.2, -0.15) is 4.99 Å². The van der Waals surface area contributed by atoms with Gasteiger partial charge in [-0.15, -0.1) is 18.3 Å². The normalized spacial score (nSPS) is 15.4. The van der Waals surface area contributed by atoms with E-state index in [1.54, 1.807) is 4.90 Å². The number of urea groups is 1. The first-order valence-corrected chi connectivity index (χ1v) is 16.7.